The summed E-state index contributed by atoms with van der Waals surface area (Å²) in [5.41, 5.74) is -0.222. The van der Waals surface area contributed by atoms with Crippen LogP contribution in [-0.2, 0) is 20.8 Å². The molecule has 1 saturated carbocycles. The topological polar surface area (TPSA) is 95.6 Å². The van der Waals surface area contributed by atoms with Crippen molar-refractivity contribution < 1.29 is 31.2 Å². The highest BCUT2D eigenvalue weighted by Crippen LogP contribution is 2.32. The van der Waals surface area contributed by atoms with E-state index in [4.69, 9.17) is 0 Å². The lowest BCUT2D eigenvalue weighted by Crippen LogP contribution is -2.52. The second-order valence-corrected chi connectivity index (χ2v) is 12.6. The molecule has 3 rings (SSSR count). The summed E-state index contributed by atoms with van der Waals surface area (Å²) >= 11 is 0. The molecule has 39 heavy (non-hydrogen) atoms. The standard InChI is InChI=1S/C28H36F3N3O4S/c1-18(2)34(4)23-10-13-25(21(15-23)17-39(37,38)24-11-8-19(3)9-12-24)33-26(35)16-32-27(36)20-6-5-7-22(14-20)28(29,30)31/h5-9,11-12,14,18,21,23,25H,10,13,15-17H2,1-4H3,(H,32,36)(H,33,35). The third-order valence-electron chi connectivity index (χ3n) is 7.37. The molecule has 0 heterocycles. The number of carbonyl (C=O) groups excluding carboxylic acids is 2. The summed E-state index contributed by atoms with van der Waals surface area (Å²) in [6, 6.07) is 10.6. The van der Waals surface area contributed by atoms with Crippen LogP contribution in [0.3, 0.4) is 0 Å². The van der Waals surface area contributed by atoms with Crippen LogP contribution in [0.2, 0.25) is 0 Å². The zero-order valence-corrected chi connectivity index (χ0v) is 23.4. The molecule has 2 aromatic carbocycles. The number of sulfone groups is 1. The van der Waals surface area contributed by atoms with Crippen LogP contribution in [0.1, 0.15) is 54.6 Å². The average Bonchev–Trinajstić information content (AvgIpc) is 2.87. The van der Waals surface area contributed by atoms with Crippen LogP contribution in [0.15, 0.2) is 53.4 Å². The van der Waals surface area contributed by atoms with Crippen molar-refractivity contribution >= 4 is 21.7 Å². The number of carbonyl (C=O) groups is 2. The van der Waals surface area contributed by atoms with Gasteiger partial charge in [-0.25, -0.2) is 8.42 Å². The van der Waals surface area contributed by atoms with Gasteiger partial charge >= 0.3 is 6.18 Å². The molecule has 1 aliphatic carbocycles. The number of benzene rings is 2. The molecule has 2 N–H and O–H groups in total. The number of halogens is 3. The highest BCUT2D eigenvalue weighted by Gasteiger charge is 2.37. The van der Waals surface area contributed by atoms with Crippen LogP contribution in [0, 0.1) is 12.8 Å². The first-order chi connectivity index (χ1) is 18.2. The van der Waals surface area contributed by atoms with Crippen molar-refractivity contribution in [3.8, 4) is 0 Å². The molecular formula is C28H36F3N3O4S. The van der Waals surface area contributed by atoms with E-state index in [1.165, 1.54) is 6.07 Å². The smallest absolute Gasteiger partial charge is 0.352 e. The molecule has 2 aromatic rings. The van der Waals surface area contributed by atoms with Crippen molar-refractivity contribution in [2.75, 3.05) is 19.3 Å². The lowest BCUT2D eigenvalue weighted by molar-refractivity contribution is -0.137. The Kier molecular flexibility index (Phi) is 9.82. The van der Waals surface area contributed by atoms with Crippen molar-refractivity contribution in [3.05, 3.63) is 65.2 Å². The van der Waals surface area contributed by atoms with Crippen LogP contribution in [0.5, 0.6) is 0 Å². The number of hydrogen-bond donors (Lipinski definition) is 2. The van der Waals surface area contributed by atoms with Gasteiger partial charge in [0.05, 0.1) is 22.8 Å². The normalized spacial score (nSPS) is 20.2. The van der Waals surface area contributed by atoms with Gasteiger partial charge < -0.3 is 15.5 Å². The van der Waals surface area contributed by atoms with Gasteiger partial charge in [0.1, 0.15) is 0 Å². The molecule has 1 aliphatic rings. The fourth-order valence-corrected chi connectivity index (χ4v) is 6.56. The first-order valence-electron chi connectivity index (χ1n) is 12.9. The molecular weight excluding hydrogens is 531 g/mol. The predicted octanol–water partition coefficient (Wildman–Crippen LogP) is 4.21. The van der Waals surface area contributed by atoms with E-state index in [9.17, 15) is 31.2 Å². The Morgan fingerprint density at radius 2 is 1.74 bits per heavy atom. The Labute approximate surface area is 228 Å². The fraction of sp³-hybridized carbons (Fsp3) is 0.500. The molecule has 0 saturated heterocycles. The maximum absolute atomic E-state index is 13.3. The van der Waals surface area contributed by atoms with Crippen molar-refractivity contribution in [2.45, 2.75) is 69.2 Å². The average molecular weight is 568 g/mol. The zero-order chi connectivity index (χ0) is 29.0. The summed E-state index contributed by atoms with van der Waals surface area (Å²) in [5, 5.41) is 5.22. The van der Waals surface area contributed by atoms with Gasteiger partial charge in [-0.15, -0.1) is 0 Å². The van der Waals surface area contributed by atoms with E-state index < -0.39 is 46.0 Å². The quantitative estimate of drug-likeness (QED) is 0.474. The van der Waals surface area contributed by atoms with Crippen LogP contribution >= 0.6 is 0 Å². The molecule has 1 fully saturated rings. The van der Waals surface area contributed by atoms with E-state index in [0.717, 1.165) is 30.2 Å². The van der Waals surface area contributed by atoms with Crippen molar-refractivity contribution in [3.63, 3.8) is 0 Å². The number of amides is 2. The van der Waals surface area contributed by atoms with E-state index in [-0.39, 0.29) is 34.2 Å². The number of rotatable bonds is 9. The highest BCUT2D eigenvalue weighted by atomic mass is 32.2. The Balaban J connectivity index is 1.69. The van der Waals surface area contributed by atoms with Gasteiger partial charge in [-0.1, -0.05) is 23.8 Å². The van der Waals surface area contributed by atoms with Crippen LogP contribution < -0.4 is 10.6 Å². The maximum atomic E-state index is 13.3. The summed E-state index contributed by atoms with van der Waals surface area (Å²) in [4.78, 5) is 27.6. The van der Waals surface area contributed by atoms with Crippen molar-refractivity contribution in [1.82, 2.24) is 15.5 Å². The molecule has 3 unspecified atom stereocenters. The lowest BCUT2D eigenvalue weighted by Gasteiger charge is -2.41. The van der Waals surface area contributed by atoms with Crippen LogP contribution in [0.4, 0.5) is 13.2 Å². The SMILES string of the molecule is Cc1ccc(S(=O)(=O)CC2CC(N(C)C(C)C)CCC2NC(=O)CNC(=O)c2cccc(C(F)(F)F)c2)cc1. The van der Waals surface area contributed by atoms with E-state index in [2.05, 4.69) is 29.4 Å². The summed E-state index contributed by atoms with van der Waals surface area (Å²) in [5.74, 6) is -1.84. The Hall–Kier alpha value is -2.92. The molecule has 0 aliphatic heterocycles. The molecule has 11 heteroatoms. The van der Waals surface area contributed by atoms with E-state index in [1.807, 2.05) is 14.0 Å². The molecule has 0 bridgehead atoms. The van der Waals surface area contributed by atoms with Crippen molar-refractivity contribution in [2.24, 2.45) is 5.92 Å². The van der Waals surface area contributed by atoms with Gasteiger partial charge in [0.15, 0.2) is 9.84 Å². The Bertz CT molecular complexity index is 1260. The van der Waals surface area contributed by atoms with Crippen molar-refractivity contribution in [1.29, 1.82) is 0 Å². The minimum atomic E-state index is -4.59. The number of alkyl halides is 3. The largest absolute Gasteiger partial charge is 0.416 e. The molecule has 3 atom stereocenters. The third-order valence-corrected chi connectivity index (χ3v) is 9.22. The minimum Gasteiger partial charge on any atom is -0.352 e. The minimum absolute atomic E-state index is 0.139. The summed E-state index contributed by atoms with van der Waals surface area (Å²) in [7, 11) is -1.62. The highest BCUT2D eigenvalue weighted by molar-refractivity contribution is 7.91. The monoisotopic (exact) mass is 567 g/mol. The lowest BCUT2D eigenvalue weighted by atomic mass is 9.81. The second-order valence-electron chi connectivity index (χ2n) is 10.5. The van der Waals surface area contributed by atoms with E-state index >= 15 is 0 Å². The van der Waals surface area contributed by atoms with Gasteiger partial charge in [-0.05, 0) is 83.3 Å². The molecule has 214 valence electrons. The van der Waals surface area contributed by atoms with E-state index in [0.29, 0.717) is 12.8 Å². The van der Waals surface area contributed by atoms with Gasteiger partial charge in [-0.3, -0.25) is 9.59 Å². The number of hydrogen-bond acceptors (Lipinski definition) is 5. The molecule has 0 aromatic heterocycles. The number of aryl methyl sites for hydroxylation is 1. The van der Waals surface area contributed by atoms with Gasteiger partial charge in [0, 0.05) is 23.7 Å². The Morgan fingerprint density at radius 1 is 1.08 bits per heavy atom. The van der Waals surface area contributed by atoms with Gasteiger partial charge in [0.25, 0.3) is 5.91 Å². The number of nitrogens with one attached hydrogen (secondary N) is 2. The zero-order valence-electron chi connectivity index (χ0n) is 22.6. The van der Waals surface area contributed by atoms with Crippen LogP contribution in [-0.4, -0.2) is 62.6 Å². The molecule has 0 spiro atoms. The first kappa shape index (κ1) is 30.6. The predicted molar refractivity (Wildman–Crippen MR) is 143 cm³/mol. The molecule has 0 radical (unpaired) electrons. The van der Waals surface area contributed by atoms with Crippen LogP contribution in [0.25, 0.3) is 0 Å². The van der Waals surface area contributed by atoms with Gasteiger partial charge in [-0.2, -0.15) is 13.2 Å². The molecule has 7 nitrogen and oxygen atoms in total. The summed E-state index contributed by atoms with van der Waals surface area (Å²) in [6.45, 7) is 5.57. The summed E-state index contributed by atoms with van der Waals surface area (Å²) in [6.07, 6.45) is -2.70. The van der Waals surface area contributed by atoms with Gasteiger partial charge in [0.2, 0.25) is 5.91 Å². The first-order valence-corrected chi connectivity index (χ1v) is 14.6. The second kappa shape index (κ2) is 12.5. The number of nitrogens with zero attached hydrogens (tertiary/aromatic N) is 1. The fourth-order valence-electron chi connectivity index (χ4n) is 4.89. The maximum Gasteiger partial charge on any atom is 0.416 e. The third kappa shape index (κ3) is 8.28. The molecule has 2 amide bonds. The van der Waals surface area contributed by atoms with E-state index in [1.54, 1.807) is 24.3 Å². The summed E-state index contributed by atoms with van der Waals surface area (Å²) < 4.78 is 65.4. The Morgan fingerprint density at radius 3 is 2.36 bits per heavy atom.